The van der Waals surface area contributed by atoms with Crippen LogP contribution in [0, 0.1) is 6.92 Å². The van der Waals surface area contributed by atoms with E-state index in [0.717, 1.165) is 37.2 Å². The second-order valence-corrected chi connectivity index (χ2v) is 6.14. The van der Waals surface area contributed by atoms with Gasteiger partial charge >= 0.3 is 0 Å². The molecule has 0 radical (unpaired) electrons. The maximum atomic E-state index is 5.93. The molecular formula is C16H27N3O. The van der Waals surface area contributed by atoms with Gasteiger partial charge in [-0.05, 0) is 38.9 Å². The van der Waals surface area contributed by atoms with E-state index in [2.05, 4.69) is 35.0 Å². The van der Waals surface area contributed by atoms with E-state index in [-0.39, 0.29) is 0 Å². The fourth-order valence-corrected chi connectivity index (χ4v) is 3.52. The largest absolute Gasteiger partial charge is 0.465 e. The van der Waals surface area contributed by atoms with Gasteiger partial charge in [-0.1, -0.05) is 6.92 Å². The molecule has 112 valence electrons. The minimum absolute atomic E-state index is 0.793. The van der Waals surface area contributed by atoms with E-state index in [4.69, 9.17) is 4.42 Å². The molecule has 1 aromatic heterocycles. The molecule has 2 saturated heterocycles. The monoisotopic (exact) mass is 277 g/mol. The molecule has 3 heterocycles. The van der Waals surface area contributed by atoms with Crippen molar-refractivity contribution in [2.45, 2.75) is 45.8 Å². The van der Waals surface area contributed by atoms with Crippen molar-refractivity contribution in [2.75, 3.05) is 32.7 Å². The Morgan fingerprint density at radius 1 is 1.35 bits per heavy atom. The van der Waals surface area contributed by atoms with Gasteiger partial charge in [-0.2, -0.15) is 0 Å². The predicted molar refractivity (Wildman–Crippen MR) is 80.7 cm³/mol. The average molecular weight is 277 g/mol. The molecule has 20 heavy (non-hydrogen) atoms. The summed E-state index contributed by atoms with van der Waals surface area (Å²) in [5.74, 6) is 2.20. The highest BCUT2D eigenvalue weighted by Gasteiger charge is 2.30. The first-order chi connectivity index (χ1) is 9.76. The van der Waals surface area contributed by atoms with E-state index in [0.29, 0.717) is 0 Å². The standard InChI is InChI=1S/C16H27N3O/c1-3-17-10-14-9-16(20-13(14)2)12-18-7-8-19-6-4-5-15(19)11-18/h9,15,17H,3-8,10-12H2,1-2H3. The smallest absolute Gasteiger partial charge is 0.118 e. The Morgan fingerprint density at radius 2 is 2.25 bits per heavy atom. The van der Waals surface area contributed by atoms with Crippen LogP contribution >= 0.6 is 0 Å². The van der Waals surface area contributed by atoms with Gasteiger partial charge in [0, 0.05) is 37.8 Å². The lowest BCUT2D eigenvalue weighted by Gasteiger charge is -2.37. The summed E-state index contributed by atoms with van der Waals surface area (Å²) in [6, 6.07) is 3.03. The van der Waals surface area contributed by atoms with Gasteiger partial charge < -0.3 is 9.73 Å². The molecule has 2 fully saturated rings. The van der Waals surface area contributed by atoms with Gasteiger partial charge in [0.05, 0.1) is 6.54 Å². The molecule has 2 aliphatic heterocycles. The van der Waals surface area contributed by atoms with Crippen LogP contribution in [0.5, 0.6) is 0 Å². The third kappa shape index (κ3) is 3.08. The molecule has 1 unspecified atom stereocenters. The third-order valence-electron chi connectivity index (χ3n) is 4.69. The lowest BCUT2D eigenvalue weighted by atomic mass is 10.1. The lowest BCUT2D eigenvalue weighted by molar-refractivity contribution is 0.0939. The van der Waals surface area contributed by atoms with Crippen LogP contribution in [0.25, 0.3) is 0 Å². The van der Waals surface area contributed by atoms with Gasteiger partial charge in [0.25, 0.3) is 0 Å². The first-order valence-corrected chi connectivity index (χ1v) is 8.01. The van der Waals surface area contributed by atoms with E-state index >= 15 is 0 Å². The van der Waals surface area contributed by atoms with Crippen molar-refractivity contribution in [3.63, 3.8) is 0 Å². The highest BCUT2D eigenvalue weighted by molar-refractivity contribution is 5.20. The minimum atomic E-state index is 0.793. The van der Waals surface area contributed by atoms with Crippen molar-refractivity contribution in [3.8, 4) is 0 Å². The number of aryl methyl sites for hydroxylation is 1. The number of hydrogen-bond donors (Lipinski definition) is 1. The Labute approximate surface area is 122 Å². The summed E-state index contributed by atoms with van der Waals surface area (Å²) >= 11 is 0. The van der Waals surface area contributed by atoms with Crippen molar-refractivity contribution in [2.24, 2.45) is 0 Å². The molecule has 4 nitrogen and oxygen atoms in total. The normalized spacial score (nSPS) is 24.2. The number of fused-ring (bicyclic) bond motifs is 1. The van der Waals surface area contributed by atoms with Crippen molar-refractivity contribution in [3.05, 3.63) is 23.2 Å². The van der Waals surface area contributed by atoms with E-state index in [1.807, 2.05) is 0 Å². The first kappa shape index (κ1) is 14.1. The fourth-order valence-electron chi connectivity index (χ4n) is 3.52. The van der Waals surface area contributed by atoms with Gasteiger partial charge in [-0.25, -0.2) is 0 Å². The Bertz CT molecular complexity index is 443. The molecule has 1 N–H and O–H groups in total. The molecular weight excluding hydrogens is 250 g/mol. The summed E-state index contributed by atoms with van der Waals surface area (Å²) in [6.07, 6.45) is 2.75. The Hall–Kier alpha value is -0.840. The van der Waals surface area contributed by atoms with E-state index in [9.17, 15) is 0 Å². The first-order valence-electron chi connectivity index (χ1n) is 8.01. The van der Waals surface area contributed by atoms with Gasteiger partial charge in [0.1, 0.15) is 11.5 Å². The Kier molecular flexibility index (Phi) is 4.44. The fraction of sp³-hybridized carbons (Fsp3) is 0.750. The number of piperazine rings is 1. The van der Waals surface area contributed by atoms with Crippen LogP contribution in [0.3, 0.4) is 0 Å². The average Bonchev–Trinajstić information content (AvgIpc) is 3.03. The van der Waals surface area contributed by atoms with Crippen molar-refractivity contribution in [1.29, 1.82) is 0 Å². The molecule has 0 aliphatic carbocycles. The predicted octanol–water partition coefficient (Wildman–Crippen LogP) is 1.98. The summed E-state index contributed by atoms with van der Waals surface area (Å²) in [5, 5.41) is 3.37. The molecule has 0 aromatic carbocycles. The number of nitrogens with zero attached hydrogens (tertiary/aromatic N) is 2. The highest BCUT2D eigenvalue weighted by Crippen LogP contribution is 2.23. The van der Waals surface area contributed by atoms with E-state index in [1.54, 1.807) is 0 Å². The number of furan rings is 1. The van der Waals surface area contributed by atoms with Crippen molar-refractivity contribution >= 4 is 0 Å². The van der Waals surface area contributed by atoms with Crippen molar-refractivity contribution < 1.29 is 4.42 Å². The maximum Gasteiger partial charge on any atom is 0.118 e. The summed E-state index contributed by atoms with van der Waals surface area (Å²) in [6.45, 7) is 12.0. The Balaban J connectivity index is 1.57. The highest BCUT2D eigenvalue weighted by atomic mass is 16.3. The summed E-state index contributed by atoms with van der Waals surface area (Å²) in [4.78, 5) is 5.21. The quantitative estimate of drug-likeness (QED) is 0.892. The van der Waals surface area contributed by atoms with Crippen LogP contribution in [0.4, 0.5) is 0 Å². The molecule has 2 aliphatic rings. The molecule has 0 saturated carbocycles. The molecule has 1 aromatic rings. The SMILES string of the molecule is CCNCc1cc(CN2CCN3CCCC3C2)oc1C. The number of nitrogens with one attached hydrogen (secondary N) is 1. The molecule has 0 bridgehead atoms. The van der Waals surface area contributed by atoms with Crippen LogP contribution in [0.1, 0.15) is 36.8 Å². The zero-order valence-electron chi connectivity index (χ0n) is 12.8. The Morgan fingerprint density at radius 3 is 3.10 bits per heavy atom. The summed E-state index contributed by atoms with van der Waals surface area (Å²) in [5.41, 5.74) is 1.31. The third-order valence-corrected chi connectivity index (χ3v) is 4.69. The second-order valence-electron chi connectivity index (χ2n) is 6.14. The minimum Gasteiger partial charge on any atom is -0.465 e. The molecule has 4 heteroatoms. The maximum absolute atomic E-state index is 5.93. The lowest BCUT2D eigenvalue weighted by Crippen LogP contribution is -2.49. The van der Waals surface area contributed by atoms with Gasteiger partial charge in [-0.15, -0.1) is 0 Å². The number of rotatable bonds is 5. The van der Waals surface area contributed by atoms with E-state index in [1.165, 1.54) is 44.6 Å². The van der Waals surface area contributed by atoms with Gasteiger partial charge in [0.15, 0.2) is 0 Å². The van der Waals surface area contributed by atoms with Crippen LogP contribution in [0.15, 0.2) is 10.5 Å². The molecule has 3 rings (SSSR count). The van der Waals surface area contributed by atoms with Crippen LogP contribution in [-0.2, 0) is 13.1 Å². The van der Waals surface area contributed by atoms with E-state index < -0.39 is 0 Å². The molecule has 0 amide bonds. The topological polar surface area (TPSA) is 31.6 Å². The zero-order valence-corrected chi connectivity index (χ0v) is 12.8. The van der Waals surface area contributed by atoms with Gasteiger partial charge in [0.2, 0.25) is 0 Å². The van der Waals surface area contributed by atoms with Crippen LogP contribution in [0.2, 0.25) is 0 Å². The second kappa shape index (κ2) is 6.29. The molecule has 0 spiro atoms. The molecule has 1 atom stereocenters. The summed E-state index contributed by atoms with van der Waals surface area (Å²) < 4.78 is 5.93. The van der Waals surface area contributed by atoms with Crippen LogP contribution in [-0.4, -0.2) is 48.6 Å². The zero-order chi connectivity index (χ0) is 13.9. The van der Waals surface area contributed by atoms with Crippen molar-refractivity contribution in [1.82, 2.24) is 15.1 Å². The number of hydrogen-bond acceptors (Lipinski definition) is 4. The summed E-state index contributed by atoms with van der Waals surface area (Å²) in [7, 11) is 0. The van der Waals surface area contributed by atoms with Crippen LogP contribution < -0.4 is 5.32 Å². The van der Waals surface area contributed by atoms with Gasteiger partial charge in [-0.3, -0.25) is 9.80 Å².